The Kier molecular flexibility index (Phi) is 5.36. The molecule has 15 heavy (non-hydrogen) atoms. The predicted octanol–water partition coefficient (Wildman–Crippen LogP) is 0.140. The number of hydrogen-bond acceptors (Lipinski definition) is 3. The van der Waals surface area contributed by atoms with Crippen molar-refractivity contribution in [2.75, 3.05) is 39.3 Å². The molecule has 1 rings (SSSR count). The minimum absolute atomic E-state index is 0.0443. The number of rotatable bonds is 4. The van der Waals surface area contributed by atoms with Crippen molar-refractivity contribution in [3.05, 3.63) is 0 Å². The third-order valence-electron chi connectivity index (χ3n) is 2.73. The van der Waals surface area contributed by atoms with Crippen LogP contribution in [0.4, 0.5) is 0 Å². The summed E-state index contributed by atoms with van der Waals surface area (Å²) in [7, 11) is 0. The van der Waals surface area contributed by atoms with E-state index in [2.05, 4.69) is 4.90 Å². The zero-order valence-corrected chi connectivity index (χ0v) is 9.91. The first kappa shape index (κ1) is 12.7. The van der Waals surface area contributed by atoms with Crippen LogP contribution in [0, 0.1) is 0 Å². The highest BCUT2D eigenvalue weighted by atomic mass is 35.5. The lowest BCUT2D eigenvalue weighted by Gasteiger charge is -2.35. The highest BCUT2D eigenvalue weighted by Crippen LogP contribution is 2.09. The van der Waals surface area contributed by atoms with Gasteiger partial charge in [0.2, 0.25) is 5.91 Å². The molecule has 0 aromatic heterocycles. The van der Waals surface area contributed by atoms with E-state index in [1.165, 1.54) is 0 Å². The standard InChI is InChI=1S/C10H19ClN2O2/c1-2-9(11)10(15)13-5-3-12(4-6-13)7-8-14/h9,14H,2-8H2,1H3/t9-/m0/s1. The summed E-state index contributed by atoms with van der Waals surface area (Å²) in [6.45, 7) is 5.90. The normalized spacial score (nSPS) is 20.3. The summed E-state index contributed by atoms with van der Waals surface area (Å²) in [6, 6.07) is 0. The number of hydrogen-bond donors (Lipinski definition) is 1. The number of aliphatic hydroxyl groups excluding tert-OH is 1. The highest BCUT2D eigenvalue weighted by molar-refractivity contribution is 6.30. The Morgan fingerprint density at radius 2 is 2.00 bits per heavy atom. The van der Waals surface area contributed by atoms with Crippen LogP contribution in [0.5, 0.6) is 0 Å². The lowest BCUT2D eigenvalue weighted by molar-refractivity contribution is -0.132. The molecule has 1 N–H and O–H groups in total. The van der Waals surface area contributed by atoms with E-state index in [-0.39, 0.29) is 17.9 Å². The van der Waals surface area contributed by atoms with Gasteiger partial charge in [-0.05, 0) is 6.42 Å². The van der Waals surface area contributed by atoms with Gasteiger partial charge in [0.15, 0.2) is 0 Å². The van der Waals surface area contributed by atoms with Gasteiger partial charge in [0.05, 0.1) is 6.61 Å². The van der Waals surface area contributed by atoms with Crippen LogP contribution in [0.15, 0.2) is 0 Å². The molecule has 0 aromatic carbocycles. The molecule has 0 unspecified atom stereocenters. The average molecular weight is 235 g/mol. The fourth-order valence-electron chi connectivity index (χ4n) is 1.71. The van der Waals surface area contributed by atoms with Gasteiger partial charge in [0.1, 0.15) is 5.38 Å². The minimum Gasteiger partial charge on any atom is -0.395 e. The maximum absolute atomic E-state index is 11.7. The number of carbonyl (C=O) groups is 1. The van der Waals surface area contributed by atoms with Gasteiger partial charge in [-0.2, -0.15) is 0 Å². The van der Waals surface area contributed by atoms with E-state index in [1.54, 1.807) is 0 Å². The maximum atomic E-state index is 11.7. The van der Waals surface area contributed by atoms with E-state index in [1.807, 2.05) is 11.8 Å². The predicted molar refractivity (Wildman–Crippen MR) is 60.0 cm³/mol. The van der Waals surface area contributed by atoms with E-state index < -0.39 is 0 Å². The summed E-state index contributed by atoms with van der Waals surface area (Å²) in [5.74, 6) is 0.0443. The molecule has 0 radical (unpaired) electrons. The van der Waals surface area contributed by atoms with Crippen molar-refractivity contribution in [2.24, 2.45) is 0 Å². The summed E-state index contributed by atoms with van der Waals surface area (Å²) in [5.41, 5.74) is 0. The molecular weight excluding hydrogens is 216 g/mol. The van der Waals surface area contributed by atoms with Gasteiger partial charge in [-0.15, -0.1) is 11.6 Å². The molecule has 0 spiro atoms. The second-order valence-electron chi connectivity index (χ2n) is 3.77. The van der Waals surface area contributed by atoms with Crippen LogP contribution in [-0.2, 0) is 4.79 Å². The lowest BCUT2D eigenvalue weighted by Crippen LogP contribution is -2.51. The molecule has 5 heteroatoms. The van der Waals surface area contributed by atoms with Gasteiger partial charge >= 0.3 is 0 Å². The molecule has 0 bridgehead atoms. The first-order valence-corrected chi connectivity index (χ1v) is 5.88. The van der Waals surface area contributed by atoms with E-state index >= 15 is 0 Å². The molecule has 1 amide bonds. The minimum atomic E-state index is -0.380. The van der Waals surface area contributed by atoms with E-state index in [0.29, 0.717) is 13.0 Å². The lowest BCUT2D eigenvalue weighted by atomic mass is 10.2. The molecule has 1 fully saturated rings. The maximum Gasteiger partial charge on any atom is 0.240 e. The van der Waals surface area contributed by atoms with Gasteiger partial charge in [0, 0.05) is 32.7 Å². The molecule has 88 valence electrons. The molecule has 0 aliphatic carbocycles. The summed E-state index contributed by atoms with van der Waals surface area (Å²) >= 11 is 5.90. The third kappa shape index (κ3) is 3.63. The average Bonchev–Trinajstić information content (AvgIpc) is 2.28. The Morgan fingerprint density at radius 1 is 1.40 bits per heavy atom. The number of nitrogens with zero attached hydrogens (tertiary/aromatic N) is 2. The van der Waals surface area contributed by atoms with Gasteiger partial charge in [-0.25, -0.2) is 0 Å². The van der Waals surface area contributed by atoms with Crippen LogP contribution in [-0.4, -0.2) is 65.5 Å². The zero-order valence-electron chi connectivity index (χ0n) is 9.15. The Bertz CT molecular complexity index is 206. The molecule has 1 heterocycles. The Hall–Kier alpha value is -0.320. The number of amides is 1. The second-order valence-corrected chi connectivity index (χ2v) is 4.29. The first-order valence-electron chi connectivity index (χ1n) is 5.45. The smallest absolute Gasteiger partial charge is 0.240 e. The molecule has 1 saturated heterocycles. The van der Waals surface area contributed by atoms with Crippen molar-refractivity contribution in [1.29, 1.82) is 0 Å². The van der Waals surface area contributed by atoms with E-state index in [0.717, 1.165) is 26.2 Å². The van der Waals surface area contributed by atoms with Crippen LogP contribution >= 0.6 is 11.6 Å². The quantitative estimate of drug-likeness (QED) is 0.704. The second kappa shape index (κ2) is 6.30. The summed E-state index contributed by atoms with van der Waals surface area (Å²) in [6.07, 6.45) is 0.678. The molecule has 0 saturated carbocycles. The van der Waals surface area contributed by atoms with Crippen LogP contribution in [0.3, 0.4) is 0 Å². The van der Waals surface area contributed by atoms with Crippen molar-refractivity contribution in [2.45, 2.75) is 18.7 Å². The number of aliphatic hydroxyl groups is 1. The van der Waals surface area contributed by atoms with Crippen molar-refractivity contribution in [3.63, 3.8) is 0 Å². The molecule has 0 aromatic rings. The Labute approximate surface area is 95.8 Å². The van der Waals surface area contributed by atoms with E-state index in [9.17, 15) is 4.79 Å². The van der Waals surface area contributed by atoms with Crippen molar-refractivity contribution in [3.8, 4) is 0 Å². The van der Waals surface area contributed by atoms with E-state index in [4.69, 9.17) is 16.7 Å². The third-order valence-corrected chi connectivity index (χ3v) is 3.22. The van der Waals surface area contributed by atoms with Gasteiger partial charge < -0.3 is 10.0 Å². The molecule has 1 aliphatic heterocycles. The van der Waals surface area contributed by atoms with Crippen LogP contribution in [0.25, 0.3) is 0 Å². The zero-order chi connectivity index (χ0) is 11.3. The van der Waals surface area contributed by atoms with Gasteiger partial charge in [0.25, 0.3) is 0 Å². The molecule has 1 atom stereocenters. The van der Waals surface area contributed by atoms with Gasteiger partial charge in [-0.3, -0.25) is 9.69 Å². The Morgan fingerprint density at radius 3 is 2.47 bits per heavy atom. The first-order chi connectivity index (χ1) is 7.19. The van der Waals surface area contributed by atoms with Crippen molar-refractivity contribution in [1.82, 2.24) is 9.80 Å². The monoisotopic (exact) mass is 234 g/mol. The van der Waals surface area contributed by atoms with Crippen molar-refractivity contribution < 1.29 is 9.90 Å². The number of β-amino-alcohol motifs (C(OH)–C–C–N with tert-alkyl or cyclic N) is 1. The van der Waals surface area contributed by atoms with Gasteiger partial charge in [-0.1, -0.05) is 6.92 Å². The number of carbonyl (C=O) groups excluding carboxylic acids is 1. The number of halogens is 1. The molecule has 4 nitrogen and oxygen atoms in total. The van der Waals surface area contributed by atoms with Crippen LogP contribution < -0.4 is 0 Å². The topological polar surface area (TPSA) is 43.8 Å². The number of alkyl halides is 1. The number of piperazine rings is 1. The largest absolute Gasteiger partial charge is 0.395 e. The SMILES string of the molecule is CC[C@H](Cl)C(=O)N1CCN(CCO)CC1. The fraction of sp³-hybridized carbons (Fsp3) is 0.900. The Balaban J connectivity index is 2.33. The summed E-state index contributed by atoms with van der Waals surface area (Å²) in [5, 5.41) is 8.40. The summed E-state index contributed by atoms with van der Waals surface area (Å²) < 4.78 is 0. The highest BCUT2D eigenvalue weighted by Gasteiger charge is 2.24. The molecule has 1 aliphatic rings. The van der Waals surface area contributed by atoms with Crippen LogP contribution in [0.2, 0.25) is 0 Å². The fourth-order valence-corrected chi connectivity index (χ4v) is 1.84. The van der Waals surface area contributed by atoms with Crippen molar-refractivity contribution >= 4 is 17.5 Å². The summed E-state index contributed by atoms with van der Waals surface area (Å²) in [4.78, 5) is 15.7. The molecular formula is C10H19ClN2O2. The van der Waals surface area contributed by atoms with Crippen LogP contribution in [0.1, 0.15) is 13.3 Å².